The predicted octanol–water partition coefficient (Wildman–Crippen LogP) is 4.33. The first-order valence-corrected chi connectivity index (χ1v) is 8.39. The molecule has 0 amide bonds. The monoisotopic (exact) mass is 405 g/mol. The van der Waals surface area contributed by atoms with Gasteiger partial charge < -0.3 is 18.9 Å². The predicted molar refractivity (Wildman–Crippen MR) is 98.9 cm³/mol. The standard InChI is InChI=1S/C19H20BrNO4/c1-22-16-6-5-12(8-17(16)23-2)14(11-21)7-13-9-18(24-3)19(25-4)10-15(13)20/h5-6,8-10,14H,7H2,1-4H3. The highest BCUT2D eigenvalue weighted by Crippen LogP contribution is 2.37. The van der Waals surface area contributed by atoms with Crippen LogP contribution in [0.1, 0.15) is 17.0 Å². The lowest BCUT2D eigenvalue weighted by molar-refractivity contribution is 0.354. The van der Waals surface area contributed by atoms with Crippen molar-refractivity contribution in [1.29, 1.82) is 5.26 Å². The maximum atomic E-state index is 9.66. The van der Waals surface area contributed by atoms with Crippen LogP contribution >= 0.6 is 15.9 Å². The molecule has 6 heteroatoms. The van der Waals surface area contributed by atoms with Gasteiger partial charge in [-0.1, -0.05) is 22.0 Å². The first kappa shape index (κ1) is 18.9. The molecule has 0 spiro atoms. The summed E-state index contributed by atoms with van der Waals surface area (Å²) in [6, 6.07) is 11.6. The molecule has 0 heterocycles. The summed E-state index contributed by atoms with van der Waals surface area (Å²) in [5.41, 5.74) is 1.82. The Hall–Kier alpha value is -2.39. The van der Waals surface area contributed by atoms with E-state index in [9.17, 15) is 5.26 Å². The summed E-state index contributed by atoms with van der Waals surface area (Å²) in [5, 5.41) is 9.66. The fourth-order valence-electron chi connectivity index (χ4n) is 2.58. The topological polar surface area (TPSA) is 60.7 Å². The number of methoxy groups -OCH3 is 4. The Balaban J connectivity index is 2.36. The minimum absolute atomic E-state index is 0.339. The van der Waals surface area contributed by atoms with E-state index >= 15 is 0 Å². The SMILES string of the molecule is COc1ccc(C(C#N)Cc2cc(OC)c(OC)cc2Br)cc1OC. The molecule has 132 valence electrons. The van der Waals surface area contributed by atoms with Crippen LogP contribution < -0.4 is 18.9 Å². The number of hydrogen-bond acceptors (Lipinski definition) is 5. The Kier molecular flexibility index (Phi) is 6.54. The highest BCUT2D eigenvalue weighted by molar-refractivity contribution is 9.10. The van der Waals surface area contributed by atoms with E-state index < -0.39 is 0 Å². The number of nitriles is 1. The van der Waals surface area contributed by atoms with Gasteiger partial charge >= 0.3 is 0 Å². The van der Waals surface area contributed by atoms with E-state index in [0.29, 0.717) is 29.4 Å². The van der Waals surface area contributed by atoms with Gasteiger partial charge in [-0.25, -0.2) is 0 Å². The van der Waals surface area contributed by atoms with Crippen molar-refractivity contribution in [2.45, 2.75) is 12.3 Å². The van der Waals surface area contributed by atoms with Gasteiger partial charge in [0.2, 0.25) is 0 Å². The van der Waals surface area contributed by atoms with Crippen LogP contribution in [0.4, 0.5) is 0 Å². The first-order chi connectivity index (χ1) is 12.1. The van der Waals surface area contributed by atoms with Crippen LogP contribution in [0.5, 0.6) is 23.0 Å². The Morgan fingerprint density at radius 2 is 1.44 bits per heavy atom. The number of rotatable bonds is 7. The van der Waals surface area contributed by atoms with Gasteiger partial charge in [0.1, 0.15) is 0 Å². The van der Waals surface area contributed by atoms with E-state index in [1.165, 1.54) is 0 Å². The summed E-state index contributed by atoms with van der Waals surface area (Å²) in [4.78, 5) is 0. The maximum absolute atomic E-state index is 9.66. The molecular formula is C19H20BrNO4. The Morgan fingerprint density at radius 3 is 2.00 bits per heavy atom. The normalized spacial score (nSPS) is 11.4. The summed E-state index contributed by atoms with van der Waals surface area (Å²) in [6.45, 7) is 0. The molecule has 1 atom stereocenters. The van der Waals surface area contributed by atoms with Gasteiger partial charge in [0.05, 0.1) is 40.4 Å². The van der Waals surface area contributed by atoms with Crippen molar-refractivity contribution in [2.75, 3.05) is 28.4 Å². The molecule has 2 aromatic rings. The van der Waals surface area contributed by atoms with Crippen molar-refractivity contribution >= 4 is 15.9 Å². The Labute approximate surface area is 156 Å². The van der Waals surface area contributed by atoms with Crippen LogP contribution in [0.25, 0.3) is 0 Å². The summed E-state index contributed by atoms with van der Waals surface area (Å²) in [7, 11) is 6.34. The molecule has 0 radical (unpaired) electrons. The summed E-state index contributed by atoms with van der Waals surface area (Å²) in [5.74, 6) is 2.17. The van der Waals surface area contributed by atoms with Gasteiger partial charge in [-0.3, -0.25) is 0 Å². The molecule has 0 aliphatic carbocycles. The van der Waals surface area contributed by atoms with Crippen LogP contribution in [0, 0.1) is 11.3 Å². The third kappa shape index (κ3) is 4.18. The molecule has 1 unspecified atom stereocenters. The second-order valence-corrected chi connectivity index (χ2v) is 6.15. The van der Waals surface area contributed by atoms with Crippen molar-refractivity contribution in [3.05, 3.63) is 45.9 Å². The molecule has 0 saturated carbocycles. The van der Waals surface area contributed by atoms with Gasteiger partial charge in [0.25, 0.3) is 0 Å². The van der Waals surface area contributed by atoms with Crippen LogP contribution in [-0.4, -0.2) is 28.4 Å². The van der Waals surface area contributed by atoms with Gasteiger partial charge in [-0.05, 0) is 41.8 Å². The fourth-order valence-corrected chi connectivity index (χ4v) is 3.06. The number of halogens is 1. The molecule has 5 nitrogen and oxygen atoms in total. The Bertz CT molecular complexity index is 786. The average Bonchev–Trinajstić information content (AvgIpc) is 2.66. The first-order valence-electron chi connectivity index (χ1n) is 7.59. The van der Waals surface area contributed by atoms with Gasteiger partial charge in [0, 0.05) is 4.47 Å². The lowest BCUT2D eigenvalue weighted by Crippen LogP contribution is -2.03. The minimum atomic E-state index is -0.339. The molecule has 0 N–H and O–H groups in total. The van der Waals surface area contributed by atoms with Crippen LogP contribution in [0.3, 0.4) is 0 Å². The summed E-state index contributed by atoms with van der Waals surface area (Å²) < 4.78 is 22.1. The third-order valence-electron chi connectivity index (χ3n) is 3.94. The zero-order chi connectivity index (χ0) is 18.4. The summed E-state index contributed by atoms with van der Waals surface area (Å²) in [6.07, 6.45) is 0.521. The van der Waals surface area contributed by atoms with Crippen molar-refractivity contribution in [3.63, 3.8) is 0 Å². The second-order valence-electron chi connectivity index (χ2n) is 5.30. The number of nitrogens with zero attached hydrogens (tertiary/aromatic N) is 1. The molecular weight excluding hydrogens is 386 g/mol. The van der Waals surface area contributed by atoms with Crippen LogP contribution in [0.15, 0.2) is 34.8 Å². The van der Waals surface area contributed by atoms with Crippen LogP contribution in [-0.2, 0) is 6.42 Å². The van der Waals surface area contributed by atoms with E-state index in [4.69, 9.17) is 18.9 Å². The maximum Gasteiger partial charge on any atom is 0.161 e. The Morgan fingerprint density at radius 1 is 0.880 bits per heavy atom. The number of ether oxygens (including phenoxy) is 4. The molecule has 0 saturated heterocycles. The van der Waals surface area contributed by atoms with Crippen molar-refractivity contribution in [2.24, 2.45) is 0 Å². The quantitative estimate of drug-likeness (QED) is 0.685. The fraction of sp³-hybridized carbons (Fsp3) is 0.316. The van der Waals surface area contributed by atoms with Crippen molar-refractivity contribution in [3.8, 4) is 29.1 Å². The van der Waals surface area contributed by atoms with Gasteiger partial charge in [0.15, 0.2) is 23.0 Å². The highest BCUT2D eigenvalue weighted by Gasteiger charge is 2.18. The van der Waals surface area contributed by atoms with E-state index in [-0.39, 0.29) is 5.92 Å². The lowest BCUT2D eigenvalue weighted by Gasteiger charge is -2.16. The highest BCUT2D eigenvalue weighted by atomic mass is 79.9. The molecule has 2 rings (SSSR count). The number of benzene rings is 2. The second kappa shape index (κ2) is 8.63. The average molecular weight is 406 g/mol. The largest absolute Gasteiger partial charge is 0.493 e. The molecule has 2 aromatic carbocycles. The van der Waals surface area contributed by atoms with Crippen molar-refractivity contribution in [1.82, 2.24) is 0 Å². The van der Waals surface area contributed by atoms with E-state index in [0.717, 1.165) is 15.6 Å². The number of hydrogen-bond donors (Lipinski definition) is 0. The third-order valence-corrected chi connectivity index (χ3v) is 4.68. The molecule has 25 heavy (non-hydrogen) atoms. The molecule has 0 bridgehead atoms. The molecule has 0 aliphatic rings. The molecule has 0 aromatic heterocycles. The summed E-state index contributed by atoms with van der Waals surface area (Å²) >= 11 is 3.54. The zero-order valence-corrected chi connectivity index (χ0v) is 16.2. The molecule has 0 aliphatic heterocycles. The van der Waals surface area contributed by atoms with Gasteiger partial charge in [-0.2, -0.15) is 5.26 Å². The minimum Gasteiger partial charge on any atom is -0.493 e. The van der Waals surface area contributed by atoms with E-state index in [2.05, 4.69) is 22.0 Å². The van der Waals surface area contributed by atoms with Crippen LogP contribution in [0.2, 0.25) is 0 Å². The lowest BCUT2D eigenvalue weighted by atomic mass is 9.92. The smallest absolute Gasteiger partial charge is 0.161 e. The van der Waals surface area contributed by atoms with E-state index in [1.54, 1.807) is 28.4 Å². The zero-order valence-electron chi connectivity index (χ0n) is 14.6. The van der Waals surface area contributed by atoms with Gasteiger partial charge in [-0.15, -0.1) is 0 Å². The van der Waals surface area contributed by atoms with E-state index in [1.807, 2.05) is 30.3 Å². The molecule has 0 fully saturated rings. The van der Waals surface area contributed by atoms with Crippen molar-refractivity contribution < 1.29 is 18.9 Å².